The molecule has 1 heterocycles. The molecule has 1 rings (SSSR count). The van der Waals surface area contributed by atoms with E-state index in [1.165, 1.54) is 4.90 Å². The molecule has 5 heteroatoms. The zero-order valence-electron chi connectivity index (χ0n) is 7.68. The third-order valence-corrected chi connectivity index (χ3v) is 2.33. The molecule has 0 aromatic carbocycles. The van der Waals surface area contributed by atoms with Gasteiger partial charge < -0.3 is 20.8 Å². The molecule has 2 unspecified atom stereocenters. The lowest BCUT2D eigenvalue weighted by molar-refractivity contribution is -0.132. The van der Waals surface area contributed by atoms with Crippen molar-refractivity contribution in [2.24, 2.45) is 5.73 Å². The molecule has 1 amide bonds. The fourth-order valence-corrected chi connectivity index (χ4v) is 1.36. The highest BCUT2D eigenvalue weighted by atomic mass is 16.3. The highest BCUT2D eigenvalue weighted by Gasteiger charge is 2.33. The normalized spacial score (nSPS) is 30.6. The Labute approximate surface area is 77.1 Å². The number of nitrogens with two attached hydrogens (primary N) is 1. The van der Waals surface area contributed by atoms with E-state index in [1.807, 2.05) is 6.92 Å². The lowest BCUT2D eigenvalue weighted by Gasteiger charge is -2.18. The van der Waals surface area contributed by atoms with Gasteiger partial charge in [-0.2, -0.15) is 0 Å². The van der Waals surface area contributed by atoms with Crippen LogP contribution in [0.3, 0.4) is 0 Å². The van der Waals surface area contributed by atoms with Gasteiger partial charge in [-0.25, -0.2) is 0 Å². The van der Waals surface area contributed by atoms with E-state index in [0.29, 0.717) is 6.42 Å². The minimum Gasteiger partial charge on any atom is -0.388 e. The Hall–Kier alpha value is -0.650. The molecular formula is C8H16N2O3. The molecule has 0 radical (unpaired) electrons. The maximum atomic E-state index is 11.4. The minimum atomic E-state index is -0.826. The van der Waals surface area contributed by atoms with Crippen LogP contribution in [0.1, 0.15) is 13.3 Å². The smallest absolute Gasteiger partial charge is 0.239 e. The van der Waals surface area contributed by atoms with Crippen LogP contribution in [0.5, 0.6) is 0 Å². The van der Waals surface area contributed by atoms with E-state index in [-0.39, 0.29) is 19.0 Å². The van der Waals surface area contributed by atoms with Crippen molar-refractivity contribution in [1.29, 1.82) is 0 Å². The fourth-order valence-electron chi connectivity index (χ4n) is 1.36. The van der Waals surface area contributed by atoms with Gasteiger partial charge in [-0.1, -0.05) is 6.92 Å². The summed E-state index contributed by atoms with van der Waals surface area (Å²) in [6.07, 6.45) is -1.08. The Morgan fingerprint density at radius 3 is 2.38 bits per heavy atom. The highest BCUT2D eigenvalue weighted by molar-refractivity contribution is 5.81. The molecule has 13 heavy (non-hydrogen) atoms. The summed E-state index contributed by atoms with van der Waals surface area (Å²) in [6, 6.07) is -0.516. The molecule has 3 atom stereocenters. The Morgan fingerprint density at radius 1 is 1.54 bits per heavy atom. The van der Waals surface area contributed by atoms with Crippen molar-refractivity contribution >= 4 is 5.91 Å². The third-order valence-electron chi connectivity index (χ3n) is 2.33. The van der Waals surface area contributed by atoms with Crippen LogP contribution in [0.25, 0.3) is 0 Å². The first-order chi connectivity index (χ1) is 6.06. The maximum Gasteiger partial charge on any atom is 0.239 e. The lowest BCUT2D eigenvalue weighted by Crippen LogP contribution is -2.42. The Bertz CT molecular complexity index is 188. The highest BCUT2D eigenvalue weighted by Crippen LogP contribution is 2.11. The topological polar surface area (TPSA) is 86.8 Å². The van der Waals surface area contributed by atoms with Crippen LogP contribution in [0, 0.1) is 0 Å². The molecule has 1 aliphatic rings. The quantitative estimate of drug-likeness (QED) is 0.481. The van der Waals surface area contributed by atoms with E-state index in [9.17, 15) is 15.0 Å². The van der Waals surface area contributed by atoms with Crippen LogP contribution < -0.4 is 5.73 Å². The number of carbonyl (C=O) groups excluding carboxylic acids is 1. The van der Waals surface area contributed by atoms with Crippen LogP contribution in [0.15, 0.2) is 0 Å². The second-order valence-electron chi connectivity index (χ2n) is 3.39. The Balaban J connectivity index is 2.50. The van der Waals surface area contributed by atoms with E-state index >= 15 is 0 Å². The second-order valence-corrected chi connectivity index (χ2v) is 3.39. The van der Waals surface area contributed by atoms with Gasteiger partial charge in [0.1, 0.15) is 0 Å². The number of carbonyl (C=O) groups is 1. The number of nitrogens with zero attached hydrogens (tertiary/aromatic N) is 1. The van der Waals surface area contributed by atoms with Gasteiger partial charge in [0, 0.05) is 13.1 Å². The number of aliphatic hydroxyl groups excluding tert-OH is 2. The van der Waals surface area contributed by atoms with E-state index in [0.717, 1.165) is 0 Å². The molecule has 1 fully saturated rings. The molecule has 1 aliphatic heterocycles. The molecule has 1 saturated heterocycles. The third kappa shape index (κ3) is 2.18. The van der Waals surface area contributed by atoms with E-state index in [1.54, 1.807) is 0 Å². The van der Waals surface area contributed by atoms with Crippen LogP contribution in [0.2, 0.25) is 0 Å². The van der Waals surface area contributed by atoms with Gasteiger partial charge in [0.2, 0.25) is 5.91 Å². The number of hydrogen-bond acceptors (Lipinski definition) is 4. The fraction of sp³-hybridized carbons (Fsp3) is 0.875. The van der Waals surface area contributed by atoms with Crippen molar-refractivity contribution < 1.29 is 15.0 Å². The van der Waals surface area contributed by atoms with Crippen LogP contribution in [-0.4, -0.2) is 52.4 Å². The first-order valence-electron chi connectivity index (χ1n) is 4.46. The molecule has 0 bridgehead atoms. The first kappa shape index (κ1) is 10.4. The molecule has 5 nitrogen and oxygen atoms in total. The predicted octanol–water partition coefficient (Wildman–Crippen LogP) is -1.71. The summed E-state index contributed by atoms with van der Waals surface area (Å²) in [5.74, 6) is -0.196. The van der Waals surface area contributed by atoms with Gasteiger partial charge in [-0.05, 0) is 6.42 Å². The van der Waals surface area contributed by atoms with E-state index in [4.69, 9.17) is 5.73 Å². The number of β-amino-alcohol motifs (C(OH)–C–C–N with tert-alkyl or cyclic N) is 2. The van der Waals surface area contributed by atoms with Crippen LogP contribution >= 0.6 is 0 Å². The van der Waals surface area contributed by atoms with Crippen molar-refractivity contribution in [3.05, 3.63) is 0 Å². The Kier molecular flexibility index (Phi) is 3.24. The SMILES string of the molecule is CC[C@H](N)C(=O)N1CC(O)C(O)C1. The molecule has 0 aromatic rings. The molecule has 76 valence electrons. The number of likely N-dealkylation sites (tertiary alicyclic amines) is 1. The van der Waals surface area contributed by atoms with Gasteiger partial charge in [-0.3, -0.25) is 4.79 Å². The van der Waals surface area contributed by atoms with Crippen LogP contribution in [-0.2, 0) is 4.79 Å². The first-order valence-corrected chi connectivity index (χ1v) is 4.46. The summed E-state index contributed by atoms with van der Waals surface area (Å²) in [5, 5.41) is 18.4. The molecule has 0 spiro atoms. The molecule has 0 saturated carbocycles. The number of hydrogen-bond donors (Lipinski definition) is 3. The summed E-state index contributed by atoms with van der Waals surface area (Å²) < 4.78 is 0. The minimum absolute atomic E-state index is 0.188. The molecule has 0 aliphatic carbocycles. The summed E-state index contributed by atoms with van der Waals surface area (Å²) in [4.78, 5) is 12.9. The van der Waals surface area contributed by atoms with Gasteiger partial charge in [-0.15, -0.1) is 0 Å². The van der Waals surface area contributed by atoms with Gasteiger partial charge in [0.05, 0.1) is 18.2 Å². The summed E-state index contributed by atoms with van der Waals surface area (Å²) in [7, 11) is 0. The summed E-state index contributed by atoms with van der Waals surface area (Å²) >= 11 is 0. The molecule has 4 N–H and O–H groups in total. The largest absolute Gasteiger partial charge is 0.388 e. The maximum absolute atomic E-state index is 11.4. The Morgan fingerprint density at radius 2 is 2.00 bits per heavy atom. The monoisotopic (exact) mass is 188 g/mol. The lowest BCUT2D eigenvalue weighted by atomic mass is 10.2. The number of rotatable bonds is 2. The summed E-state index contributed by atoms with van der Waals surface area (Å²) in [6.45, 7) is 2.20. The average Bonchev–Trinajstić information content (AvgIpc) is 2.44. The van der Waals surface area contributed by atoms with Gasteiger partial charge in [0.25, 0.3) is 0 Å². The van der Waals surface area contributed by atoms with Crippen molar-refractivity contribution in [3.63, 3.8) is 0 Å². The number of aliphatic hydroxyl groups is 2. The second kappa shape index (κ2) is 4.04. The van der Waals surface area contributed by atoms with Crippen molar-refractivity contribution in [2.45, 2.75) is 31.6 Å². The molecule has 0 aromatic heterocycles. The zero-order chi connectivity index (χ0) is 10.0. The predicted molar refractivity (Wildman–Crippen MR) is 46.9 cm³/mol. The van der Waals surface area contributed by atoms with Crippen molar-refractivity contribution in [3.8, 4) is 0 Å². The standard InChI is InChI=1S/C8H16N2O3/c1-2-5(9)8(13)10-3-6(11)7(12)4-10/h5-7,11-12H,2-4,9H2,1H3/t5-,6?,7?/m0/s1. The van der Waals surface area contributed by atoms with Crippen molar-refractivity contribution in [1.82, 2.24) is 4.90 Å². The van der Waals surface area contributed by atoms with Crippen LogP contribution in [0.4, 0.5) is 0 Å². The van der Waals surface area contributed by atoms with Crippen molar-refractivity contribution in [2.75, 3.05) is 13.1 Å². The van der Waals surface area contributed by atoms with Gasteiger partial charge in [0.15, 0.2) is 0 Å². The number of amides is 1. The average molecular weight is 188 g/mol. The zero-order valence-corrected chi connectivity index (χ0v) is 7.68. The van der Waals surface area contributed by atoms with E-state index in [2.05, 4.69) is 0 Å². The molecular weight excluding hydrogens is 172 g/mol. The van der Waals surface area contributed by atoms with Gasteiger partial charge >= 0.3 is 0 Å². The summed E-state index contributed by atoms with van der Waals surface area (Å²) in [5.41, 5.74) is 5.53. The van der Waals surface area contributed by atoms with E-state index < -0.39 is 18.2 Å².